The third kappa shape index (κ3) is 3.25. The quantitative estimate of drug-likeness (QED) is 0.862. The van der Waals surface area contributed by atoms with Gasteiger partial charge in [-0.15, -0.1) is 0 Å². The van der Waals surface area contributed by atoms with E-state index in [1.807, 2.05) is 12.1 Å². The van der Waals surface area contributed by atoms with Crippen molar-refractivity contribution in [3.63, 3.8) is 0 Å². The third-order valence-corrected chi connectivity index (χ3v) is 4.52. The normalized spacial score (nSPS) is 19.2. The van der Waals surface area contributed by atoms with Crippen LogP contribution in [0.4, 0.5) is 5.69 Å². The lowest BCUT2D eigenvalue weighted by molar-refractivity contribution is 0.216. The highest BCUT2D eigenvalue weighted by molar-refractivity contribution is 5.58. The Hall–Kier alpha value is -2.00. The van der Waals surface area contributed by atoms with E-state index < -0.39 is 0 Å². The van der Waals surface area contributed by atoms with Gasteiger partial charge in [-0.2, -0.15) is 0 Å². The Morgan fingerprint density at radius 2 is 1.73 bits per heavy atom. The van der Waals surface area contributed by atoms with Gasteiger partial charge >= 0.3 is 0 Å². The van der Waals surface area contributed by atoms with Crippen LogP contribution in [0.15, 0.2) is 54.6 Å². The van der Waals surface area contributed by atoms with Crippen LogP contribution in [0.2, 0.25) is 0 Å². The van der Waals surface area contributed by atoms with E-state index in [-0.39, 0.29) is 0 Å². The second-order valence-corrected chi connectivity index (χ2v) is 5.94. The summed E-state index contributed by atoms with van der Waals surface area (Å²) in [6.45, 7) is 3.16. The van der Waals surface area contributed by atoms with Crippen molar-refractivity contribution in [3.8, 4) is 5.75 Å². The summed E-state index contributed by atoms with van der Waals surface area (Å²) in [6.07, 6.45) is 1.09. The molecule has 0 spiro atoms. The van der Waals surface area contributed by atoms with Crippen molar-refractivity contribution in [2.45, 2.75) is 12.5 Å². The Morgan fingerprint density at radius 1 is 1.00 bits per heavy atom. The van der Waals surface area contributed by atoms with E-state index in [2.05, 4.69) is 59.3 Å². The van der Waals surface area contributed by atoms with Crippen LogP contribution in [-0.2, 0) is 6.42 Å². The van der Waals surface area contributed by atoms with Gasteiger partial charge in [-0.05, 0) is 31.2 Å². The predicted octanol–water partition coefficient (Wildman–Crippen LogP) is 3.06. The van der Waals surface area contributed by atoms with Gasteiger partial charge in [-0.1, -0.05) is 42.5 Å². The molecule has 2 aromatic rings. The molecule has 0 saturated carbocycles. The van der Waals surface area contributed by atoms with E-state index in [0.29, 0.717) is 6.04 Å². The first-order valence-corrected chi connectivity index (χ1v) is 7.90. The number of benzene rings is 2. The van der Waals surface area contributed by atoms with Crippen LogP contribution in [0.5, 0.6) is 5.75 Å². The van der Waals surface area contributed by atoms with Crippen LogP contribution in [0.3, 0.4) is 0 Å². The maximum atomic E-state index is 5.52. The number of para-hydroxylation sites is 2. The number of nitrogens with zero attached hydrogens (tertiary/aromatic N) is 2. The van der Waals surface area contributed by atoms with Gasteiger partial charge in [0.1, 0.15) is 5.75 Å². The molecule has 0 N–H and O–H groups in total. The molecule has 1 aliphatic heterocycles. The second kappa shape index (κ2) is 6.84. The molecule has 1 heterocycles. The van der Waals surface area contributed by atoms with Gasteiger partial charge in [0, 0.05) is 25.7 Å². The van der Waals surface area contributed by atoms with Crippen molar-refractivity contribution in [1.29, 1.82) is 0 Å². The lowest BCUT2D eigenvalue weighted by atomic mass is 10.0. The average molecular weight is 296 g/mol. The Balaban J connectivity index is 1.76. The molecule has 0 aliphatic carbocycles. The van der Waals surface area contributed by atoms with Gasteiger partial charge in [0.15, 0.2) is 0 Å². The molecule has 1 saturated heterocycles. The summed E-state index contributed by atoms with van der Waals surface area (Å²) >= 11 is 0. The number of methoxy groups -OCH3 is 1. The van der Waals surface area contributed by atoms with Gasteiger partial charge in [-0.25, -0.2) is 0 Å². The fourth-order valence-corrected chi connectivity index (χ4v) is 3.16. The molecule has 3 heteroatoms. The monoisotopic (exact) mass is 296 g/mol. The Bertz CT molecular complexity index is 599. The van der Waals surface area contributed by atoms with Crippen LogP contribution in [0, 0.1) is 0 Å². The summed E-state index contributed by atoms with van der Waals surface area (Å²) < 4.78 is 5.52. The molecule has 1 fully saturated rings. The first kappa shape index (κ1) is 14.9. The minimum Gasteiger partial charge on any atom is -0.495 e. The zero-order valence-corrected chi connectivity index (χ0v) is 13.4. The highest BCUT2D eigenvalue weighted by atomic mass is 16.5. The molecule has 116 valence electrons. The van der Waals surface area contributed by atoms with Crippen molar-refractivity contribution in [2.75, 3.05) is 38.7 Å². The van der Waals surface area contributed by atoms with Gasteiger partial charge in [0.05, 0.1) is 12.8 Å². The van der Waals surface area contributed by atoms with E-state index in [1.165, 1.54) is 11.3 Å². The lowest BCUT2D eigenvalue weighted by Gasteiger charge is -2.41. The summed E-state index contributed by atoms with van der Waals surface area (Å²) in [7, 11) is 3.98. The zero-order chi connectivity index (χ0) is 15.4. The smallest absolute Gasteiger partial charge is 0.142 e. The molecule has 0 radical (unpaired) electrons. The zero-order valence-electron chi connectivity index (χ0n) is 13.4. The predicted molar refractivity (Wildman–Crippen MR) is 91.8 cm³/mol. The number of piperazine rings is 1. The SMILES string of the molecule is COc1ccccc1N1CCN(C)[C@H](Cc2ccccc2)C1. The summed E-state index contributed by atoms with van der Waals surface area (Å²) in [5.74, 6) is 0.963. The molecule has 1 aliphatic rings. The molecule has 0 bridgehead atoms. The van der Waals surface area contributed by atoms with Crippen molar-refractivity contribution in [1.82, 2.24) is 4.90 Å². The number of hydrogen-bond donors (Lipinski definition) is 0. The first-order chi connectivity index (χ1) is 10.8. The van der Waals surface area contributed by atoms with Gasteiger partial charge < -0.3 is 9.64 Å². The number of anilines is 1. The lowest BCUT2D eigenvalue weighted by Crippen LogP contribution is -2.52. The Labute approximate surface area is 133 Å². The van der Waals surface area contributed by atoms with E-state index in [1.54, 1.807) is 7.11 Å². The summed E-state index contributed by atoms with van der Waals surface area (Å²) in [6, 6.07) is 19.6. The van der Waals surface area contributed by atoms with Crippen molar-refractivity contribution in [3.05, 3.63) is 60.2 Å². The Morgan fingerprint density at radius 3 is 2.50 bits per heavy atom. The first-order valence-electron chi connectivity index (χ1n) is 7.90. The number of likely N-dealkylation sites (N-methyl/N-ethyl adjacent to an activating group) is 1. The number of hydrogen-bond acceptors (Lipinski definition) is 3. The van der Waals surface area contributed by atoms with Crippen molar-refractivity contribution < 1.29 is 4.74 Å². The fraction of sp³-hybridized carbons (Fsp3) is 0.368. The molecule has 0 amide bonds. The molecular formula is C19H24N2O. The van der Waals surface area contributed by atoms with Crippen LogP contribution in [-0.4, -0.2) is 44.7 Å². The van der Waals surface area contributed by atoms with Crippen LogP contribution in [0.25, 0.3) is 0 Å². The standard InChI is InChI=1S/C19H24N2O/c1-20-12-13-21(18-10-6-7-11-19(18)22-2)15-17(20)14-16-8-4-3-5-9-16/h3-11,17H,12-15H2,1-2H3/t17-/m1/s1. The van der Waals surface area contributed by atoms with Crippen LogP contribution < -0.4 is 9.64 Å². The summed E-state index contributed by atoms with van der Waals surface area (Å²) in [4.78, 5) is 4.92. The summed E-state index contributed by atoms with van der Waals surface area (Å²) in [5.41, 5.74) is 2.61. The number of rotatable bonds is 4. The average Bonchev–Trinajstić information content (AvgIpc) is 2.58. The Kier molecular flexibility index (Phi) is 4.64. The maximum Gasteiger partial charge on any atom is 0.142 e. The molecule has 3 nitrogen and oxygen atoms in total. The van der Waals surface area contributed by atoms with E-state index >= 15 is 0 Å². The maximum absolute atomic E-state index is 5.52. The van der Waals surface area contributed by atoms with Crippen LogP contribution >= 0.6 is 0 Å². The molecule has 2 aromatic carbocycles. The minimum absolute atomic E-state index is 0.529. The summed E-state index contributed by atoms with van der Waals surface area (Å²) in [5, 5.41) is 0. The van der Waals surface area contributed by atoms with Crippen LogP contribution in [0.1, 0.15) is 5.56 Å². The molecule has 0 aromatic heterocycles. The highest BCUT2D eigenvalue weighted by Gasteiger charge is 2.25. The van der Waals surface area contributed by atoms with Crippen molar-refractivity contribution >= 4 is 5.69 Å². The molecular weight excluding hydrogens is 272 g/mol. The van der Waals surface area contributed by atoms with Gasteiger partial charge in [0.2, 0.25) is 0 Å². The van der Waals surface area contributed by atoms with E-state index in [4.69, 9.17) is 4.74 Å². The molecule has 3 rings (SSSR count). The second-order valence-electron chi connectivity index (χ2n) is 5.94. The van der Waals surface area contributed by atoms with E-state index in [0.717, 1.165) is 31.8 Å². The van der Waals surface area contributed by atoms with E-state index in [9.17, 15) is 0 Å². The minimum atomic E-state index is 0.529. The molecule has 22 heavy (non-hydrogen) atoms. The fourth-order valence-electron chi connectivity index (χ4n) is 3.16. The highest BCUT2D eigenvalue weighted by Crippen LogP contribution is 2.29. The molecule has 0 unspecified atom stereocenters. The van der Waals surface area contributed by atoms with Gasteiger partial charge in [-0.3, -0.25) is 4.90 Å². The topological polar surface area (TPSA) is 15.7 Å². The largest absolute Gasteiger partial charge is 0.495 e. The number of ether oxygens (including phenoxy) is 1. The van der Waals surface area contributed by atoms with Gasteiger partial charge in [0.25, 0.3) is 0 Å². The van der Waals surface area contributed by atoms with Crippen molar-refractivity contribution in [2.24, 2.45) is 0 Å². The third-order valence-electron chi connectivity index (χ3n) is 4.52. The molecule has 1 atom stereocenters.